The molecule has 1 aliphatic rings. The minimum atomic E-state index is -0.0737. The van der Waals surface area contributed by atoms with Crippen LogP contribution in [0.1, 0.15) is 32.5 Å². The van der Waals surface area contributed by atoms with Crippen LogP contribution in [-0.2, 0) is 6.42 Å². The number of para-hydroxylation sites is 1. The molecule has 1 atom stereocenters. The maximum Gasteiger partial charge on any atom is 0.127 e. The van der Waals surface area contributed by atoms with E-state index in [9.17, 15) is 0 Å². The second kappa shape index (κ2) is 4.41. The maximum atomic E-state index is 6.40. The highest BCUT2D eigenvalue weighted by Crippen LogP contribution is 2.37. The maximum absolute atomic E-state index is 6.40. The predicted molar refractivity (Wildman–Crippen MR) is 75.5 cm³/mol. The van der Waals surface area contributed by atoms with Crippen molar-refractivity contribution in [3.8, 4) is 5.75 Å². The molecular formula is C15H17NOS. The molecule has 0 spiro atoms. The summed E-state index contributed by atoms with van der Waals surface area (Å²) in [5.41, 5.74) is 10.1. The van der Waals surface area contributed by atoms with Crippen molar-refractivity contribution < 1.29 is 4.74 Å². The fraction of sp³-hybridized carbons (Fsp3) is 0.333. The van der Waals surface area contributed by atoms with Crippen molar-refractivity contribution in [2.24, 2.45) is 5.73 Å². The van der Waals surface area contributed by atoms with Crippen molar-refractivity contribution in [3.05, 3.63) is 50.7 Å². The highest BCUT2D eigenvalue weighted by atomic mass is 32.1. The van der Waals surface area contributed by atoms with E-state index in [1.54, 1.807) is 11.3 Å². The third kappa shape index (κ3) is 1.84. The first-order chi connectivity index (χ1) is 8.66. The van der Waals surface area contributed by atoms with Gasteiger partial charge in [-0.3, -0.25) is 0 Å². The Labute approximate surface area is 111 Å². The van der Waals surface area contributed by atoms with E-state index in [1.807, 2.05) is 0 Å². The first-order valence-electron chi connectivity index (χ1n) is 6.24. The Balaban J connectivity index is 2.02. The van der Waals surface area contributed by atoms with Gasteiger partial charge in [-0.1, -0.05) is 18.2 Å². The highest BCUT2D eigenvalue weighted by Gasteiger charge is 2.22. The molecule has 0 bridgehead atoms. The molecule has 2 N–H and O–H groups in total. The molecule has 1 unspecified atom stereocenters. The van der Waals surface area contributed by atoms with Crippen LogP contribution in [0.25, 0.3) is 0 Å². The van der Waals surface area contributed by atoms with E-state index in [4.69, 9.17) is 10.5 Å². The normalized spacial score (nSPS) is 15.3. The third-order valence-electron chi connectivity index (χ3n) is 3.57. The second-order valence-electron chi connectivity index (χ2n) is 4.80. The molecule has 18 heavy (non-hydrogen) atoms. The van der Waals surface area contributed by atoms with Crippen LogP contribution >= 0.6 is 11.3 Å². The molecule has 0 amide bonds. The highest BCUT2D eigenvalue weighted by molar-refractivity contribution is 7.12. The summed E-state index contributed by atoms with van der Waals surface area (Å²) in [6.45, 7) is 5.05. The average molecular weight is 259 g/mol. The van der Waals surface area contributed by atoms with Crippen molar-refractivity contribution in [1.82, 2.24) is 0 Å². The Hall–Kier alpha value is -1.32. The van der Waals surface area contributed by atoms with E-state index in [0.29, 0.717) is 0 Å². The summed E-state index contributed by atoms with van der Waals surface area (Å²) >= 11 is 1.78. The van der Waals surface area contributed by atoms with Gasteiger partial charge in [-0.05, 0) is 31.0 Å². The van der Waals surface area contributed by atoms with Gasteiger partial charge in [-0.15, -0.1) is 11.3 Å². The molecule has 3 heteroatoms. The lowest BCUT2D eigenvalue weighted by Gasteiger charge is -2.14. The summed E-state index contributed by atoms with van der Waals surface area (Å²) in [4.78, 5) is 2.56. The molecule has 2 aromatic rings. The van der Waals surface area contributed by atoms with Crippen LogP contribution in [0.15, 0.2) is 24.3 Å². The number of rotatable bonds is 2. The van der Waals surface area contributed by atoms with Crippen molar-refractivity contribution in [2.75, 3.05) is 6.61 Å². The van der Waals surface area contributed by atoms with Crippen LogP contribution in [-0.4, -0.2) is 6.61 Å². The summed E-state index contributed by atoms with van der Waals surface area (Å²) in [6, 6.07) is 8.41. The largest absolute Gasteiger partial charge is 0.493 e. The molecule has 2 heterocycles. The molecule has 0 fully saturated rings. The number of benzene rings is 1. The van der Waals surface area contributed by atoms with Gasteiger partial charge < -0.3 is 10.5 Å². The van der Waals surface area contributed by atoms with Crippen molar-refractivity contribution >= 4 is 11.3 Å². The summed E-state index contributed by atoms with van der Waals surface area (Å²) in [5, 5.41) is 0. The molecule has 1 aliphatic heterocycles. The molecule has 94 valence electrons. The van der Waals surface area contributed by atoms with Crippen LogP contribution in [0, 0.1) is 13.8 Å². The van der Waals surface area contributed by atoms with E-state index < -0.39 is 0 Å². The van der Waals surface area contributed by atoms with Gasteiger partial charge in [-0.2, -0.15) is 0 Å². The first-order valence-corrected chi connectivity index (χ1v) is 7.05. The minimum absolute atomic E-state index is 0.0737. The average Bonchev–Trinajstić information content (AvgIpc) is 2.95. The Morgan fingerprint density at radius 2 is 2.17 bits per heavy atom. The fourth-order valence-corrected chi connectivity index (χ4v) is 3.46. The standard InChI is InChI=1S/C15H17NOS/c1-9-8-13(18-10(9)2)14(16)12-5-3-4-11-6-7-17-15(11)12/h3-5,8,14H,6-7,16H2,1-2H3. The Morgan fingerprint density at radius 3 is 2.89 bits per heavy atom. The number of hydrogen-bond acceptors (Lipinski definition) is 3. The molecule has 0 saturated carbocycles. The lowest BCUT2D eigenvalue weighted by atomic mass is 10.0. The van der Waals surface area contributed by atoms with Crippen molar-refractivity contribution in [3.63, 3.8) is 0 Å². The number of aryl methyl sites for hydroxylation is 2. The molecule has 3 rings (SSSR count). The van der Waals surface area contributed by atoms with Gasteiger partial charge in [0.2, 0.25) is 0 Å². The lowest BCUT2D eigenvalue weighted by molar-refractivity contribution is 0.352. The number of nitrogens with two attached hydrogens (primary N) is 1. The van der Waals surface area contributed by atoms with Gasteiger partial charge in [0.25, 0.3) is 0 Å². The topological polar surface area (TPSA) is 35.2 Å². The monoisotopic (exact) mass is 259 g/mol. The van der Waals surface area contributed by atoms with Crippen molar-refractivity contribution in [1.29, 1.82) is 0 Å². The summed E-state index contributed by atoms with van der Waals surface area (Å²) < 4.78 is 5.73. The van der Waals surface area contributed by atoms with Gasteiger partial charge in [-0.25, -0.2) is 0 Å². The Kier molecular flexibility index (Phi) is 2.88. The van der Waals surface area contributed by atoms with Gasteiger partial charge in [0.05, 0.1) is 12.6 Å². The number of fused-ring (bicyclic) bond motifs is 1. The van der Waals surface area contributed by atoms with E-state index >= 15 is 0 Å². The molecule has 2 nitrogen and oxygen atoms in total. The van der Waals surface area contributed by atoms with Gasteiger partial charge in [0, 0.05) is 21.7 Å². The summed E-state index contributed by atoms with van der Waals surface area (Å²) in [5.74, 6) is 1.01. The van der Waals surface area contributed by atoms with Crippen LogP contribution in [0.5, 0.6) is 5.75 Å². The van der Waals surface area contributed by atoms with Crippen LogP contribution in [0.4, 0.5) is 0 Å². The van der Waals surface area contributed by atoms with E-state index in [1.165, 1.54) is 20.9 Å². The SMILES string of the molecule is Cc1cc(C(N)c2cccc3c2OCC3)sc1C. The van der Waals surface area contributed by atoms with E-state index in [-0.39, 0.29) is 6.04 Å². The van der Waals surface area contributed by atoms with Crippen LogP contribution in [0.2, 0.25) is 0 Å². The Morgan fingerprint density at radius 1 is 1.33 bits per heavy atom. The van der Waals surface area contributed by atoms with Gasteiger partial charge in [0.1, 0.15) is 5.75 Å². The first kappa shape index (κ1) is 11.8. The summed E-state index contributed by atoms with van der Waals surface area (Å²) in [7, 11) is 0. The third-order valence-corrected chi connectivity index (χ3v) is 4.81. The zero-order chi connectivity index (χ0) is 12.7. The second-order valence-corrected chi connectivity index (χ2v) is 6.09. The predicted octanol–water partition coefficient (Wildman–Crippen LogP) is 3.35. The number of hydrogen-bond donors (Lipinski definition) is 1. The Bertz CT molecular complexity index is 569. The van der Waals surface area contributed by atoms with Gasteiger partial charge >= 0.3 is 0 Å². The zero-order valence-electron chi connectivity index (χ0n) is 10.7. The van der Waals surface area contributed by atoms with E-state index in [2.05, 4.69) is 38.1 Å². The minimum Gasteiger partial charge on any atom is -0.493 e. The summed E-state index contributed by atoms with van der Waals surface area (Å²) in [6.07, 6.45) is 0.998. The van der Waals surface area contributed by atoms with Gasteiger partial charge in [0.15, 0.2) is 0 Å². The fourth-order valence-electron chi connectivity index (χ4n) is 2.39. The molecule has 1 aromatic carbocycles. The molecular weight excluding hydrogens is 242 g/mol. The van der Waals surface area contributed by atoms with E-state index in [0.717, 1.165) is 24.3 Å². The molecule has 1 aromatic heterocycles. The molecule has 0 radical (unpaired) electrons. The number of ether oxygens (including phenoxy) is 1. The quantitative estimate of drug-likeness (QED) is 0.897. The molecule has 0 aliphatic carbocycles. The lowest BCUT2D eigenvalue weighted by Crippen LogP contribution is -2.11. The molecule has 0 saturated heterocycles. The van der Waals surface area contributed by atoms with Crippen molar-refractivity contribution in [2.45, 2.75) is 26.3 Å². The smallest absolute Gasteiger partial charge is 0.127 e. The van der Waals surface area contributed by atoms with Crippen LogP contribution < -0.4 is 10.5 Å². The number of thiophene rings is 1. The van der Waals surface area contributed by atoms with Crippen LogP contribution in [0.3, 0.4) is 0 Å². The zero-order valence-corrected chi connectivity index (χ0v) is 11.5.